The van der Waals surface area contributed by atoms with E-state index in [1.54, 1.807) is 0 Å². The number of fused-ring (bicyclic) bond motifs is 3. The summed E-state index contributed by atoms with van der Waals surface area (Å²) in [6.07, 6.45) is 1.12. The molecule has 0 bridgehead atoms. The highest BCUT2D eigenvalue weighted by molar-refractivity contribution is 5.92. The third-order valence-corrected chi connectivity index (χ3v) is 2.99. The van der Waals surface area contributed by atoms with Crippen molar-refractivity contribution in [2.75, 3.05) is 17.6 Å². The van der Waals surface area contributed by atoms with Gasteiger partial charge in [0.1, 0.15) is 5.82 Å². The van der Waals surface area contributed by atoms with Crippen LogP contribution in [-0.4, -0.2) is 16.3 Å². The number of nitrogen functional groups attached to an aromatic ring is 1. The van der Waals surface area contributed by atoms with Gasteiger partial charge in [0.2, 0.25) is 0 Å². The first-order valence-corrected chi connectivity index (χ1v) is 5.27. The molecule has 3 N–H and O–H groups in total. The minimum Gasteiger partial charge on any atom is -0.399 e. The second kappa shape index (κ2) is 2.89. The molecule has 1 aromatic heterocycles. The summed E-state index contributed by atoms with van der Waals surface area (Å²) in [5.74, 6) is 1.11. The van der Waals surface area contributed by atoms with Crippen molar-refractivity contribution in [3.63, 3.8) is 0 Å². The van der Waals surface area contributed by atoms with Gasteiger partial charge in [-0.2, -0.15) is 5.10 Å². The van der Waals surface area contributed by atoms with Crippen LogP contribution >= 0.6 is 0 Å². The molecule has 0 saturated carbocycles. The zero-order valence-electron chi connectivity index (χ0n) is 8.70. The van der Waals surface area contributed by atoms with Crippen LogP contribution in [0.15, 0.2) is 18.2 Å². The second-order valence-corrected chi connectivity index (χ2v) is 4.13. The van der Waals surface area contributed by atoms with Gasteiger partial charge in [0.15, 0.2) is 0 Å². The fourth-order valence-corrected chi connectivity index (χ4v) is 2.14. The number of aromatic nitrogens is 2. The van der Waals surface area contributed by atoms with Gasteiger partial charge in [-0.05, 0) is 31.5 Å². The lowest BCUT2D eigenvalue weighted by Crippen LogP contribution is -2.21. The lowest BCUT2D eigenvalue weighted by atomic mass is 10.2. The monoisotopic (exact) mass is 202 g/mol. The van der Waals surface area contributed by atoms with Crippen molar-refractivity contribution in [1.82, 2.24) is 9.78 Å². The van der Waals surface area contributed by atoms with E-state index in [-0.39, 0.29) is 0 Å². The molecule has 0 saturated heterocycles. The fourth-order valence-electron chi connectivity index (χ4n) is 2.14. The number of rotatable bonds is 0. The summed E-state index contributed by atoms with van der Waals surface area (Å²) in [4.78, 5) is 0. The Morgan fingerprint density at radius 3 is 3.27 bits per heavy atom. The summed E-state index contributed by atoms with van der Waals surface area (Å²) in [5.41, 5.74) is 7.59. The molecule has 15 heavy (non-hydrogen) atoms. The highest BCUT2D eigenvalue weighted by Crippen LogP contribution is 2.31. The molecule has 0 spiro atoms. The summed E-state index contributed by atoms with van der Waals surface area (Å²) in [5, 5.41) is 9.09. The molecule has 1 atom stereocenters. The van der Waals surface area contributed by atoms with Crippen molar-refractivity contribution < 1.29 is 0 Å². The van der Waals surface area contributed by atoms with Crippen molar-refractivity contribution in [1.29, 1.82) is 0 Å². The zero-order valence-corrected chi connectivity index (χ0v) is 8.70. The number of nitrogens with one attached hydrogen (secondary N) is 1. The first-order valence-electron chi connectivity index (χ1n) is 5.27. The first-order chi connectivity index (χ1) is 7.25. The predicted octanol–water partition coefficient (Wildman–Crippen LogP) is 2.00. The number of hydrogen-bond acceptors (Lipinski definition) is 3. The minimum absolute atomic E-state index is 0.467. The van der Waals surface area contributed by atoms with Gasteiger partial charge in [0.05, 0.1) is 11.6 Å². The number of nitrogens with zero attached hydrogens (tertiary/aromatic N) is 2. The van der Waals surface area contributed by atoms with Crippen molar-refractivity contribution in [2.24, 2.45) is 0 Å². The average Bonchev–Trinajstić information content (AvgIpc) is 2.58. The van der Waals surface area contributed by atoms with E-state index in [0.29, 0.717) is 6.04 Å². The first kappa shape index (κ1) is 8.59. The molecule has 1 aliphatic heterocycles. The minimum atomic E-state index is 0.467. The van der Waals surface area contributed by atoms with Gasteiger partial charge < -0.3 is 11.1 Å². The quantitative estimate of drug-likeness (QED) is 0.642. The van der Waals surface area contributed by atoms with Crippen LogP contribution in [0, 0.1) is 0 Å². The maximum Gasteiger partial charge on any atom is 0.132 e. The molecule has 3 rings (SSSR count). The Morgan fingerprint density at radius 1 is 1.53 bits per heavy atom. The largest absolute Gasteiger partial charge is 0.399 e. The summed E-state index contributed by atoms with van der Waals surface area (Å²) < 4.78 is 2.06. The van der Waals surface area contributed by atoms with Crippen LogP contribution in [0.2, 0.25) is 0 Å². The molecule has 0 aliphatic carbocycles. The van der Waals surface area contributed by atoms with Gasteiger partial charge in [0.25, 0.3) is 0 Å². The fraction of sp³-hybridized carbons (Fsp3) is 0.364. The van der Waals surface area contributed by atoms with Gasteiger partial charge in [-0.25, -0.2) is 4.68 Å². The number of anilines is 2. The Labute approximate surface area is 88.1 Å². The highest BCUT2D eigenvalue weighted by atomic mass is 15.4. The predicted molar refractivity (Wildman–Crippen MR) is 62.0 cm³/mol. The van der Waals surface area contributed by atoms with Crippen LogP contribution in [0.5, 0.6) is 0 Å². The molecule has 2 aromatic rings. The topological polar surface area (TPSA) is 55.9 Å². The molecule has 4 nitrogen and oxygen atoms in total. The van der Waals surface area contributed by atoms with E-state index in [4.69, 9.17) is 5.73 Å². The normalized spacial score (nSPS) is 19.9. The van der Waals surface area contributed by atoms with E-state index < -0.39 is 0 Å². The zero-order chi connectivity index (χ0) is 10.4. The second-order valence-electron chi connectivity index (χ2n) is 4.13. The van der Waals surface area contributed by atoms with Gasteiger partial charge in [-0.3, -0.25) is 0 Å². The van der Waals surface area contributed by atoms with Crippen molar-refractivity contribution in [3.8, 4) is 0 Å². The van der Waals surface area contributed by atoms with E-state index in [0.717, 1.165) is 35.4 Å². The van der Waals surface area contributed by atoms with Crippen molar-refractivity contribution in [3.05, 3.63) is 18.2 Å². The number of nitrogens with two attached hydrogens (primary N) is 1. The molecule has 1 aromatic carbocycles. The molecular formula is C11H14N4. The molecule has 0 fully saturated rings. The lowest BCUT2D eigenvalue weighted by molar-refractivity contribution is 0.456. The molecule has 1 unspecified atom stereocenters. The Bertz CT molecular complexity index is 515. The van der Waals surface area contributed by atoms with Crippen LogP contribution in [-0.2, 0) is 0 Å². The third kappa shape index (κ3) is 1.17. The average molecular weight is 202 g/mol. The van der Waals surface area contributed by atoms with Crippen molar-refractivity contribution in [2.45, 2.75) is 19.4 Å². The molecule has 78 valence electrons. The Kier molecular flexibility index (Phi) is 1.65. The third-order valence-electron chi connectivity index (χ3n) is 2.99. The van der Waals surface area contributed by atoms with Crippen LogP contribution in [0.3, 0.4) is 0 Å². The Morgan fingerprint density at radius 2 is 2.40 bits per heavy atom. The summed E-state index contributed by atoms with van der Waals surface area (Å²) in [6.45, 7) is 3.20. The number of benzene rings is 1. The molecular weight excluding hydrogens is 188 g/mol. The molecule has 0 radical (unpaired) electrons. The smallest absolute Gasteiger partial charge is 0.132 e. The number of hydrogen-bond donors (Lipinski definition) is 2. The van der Waals surface area contributed by atoms with Gasteiger partial charge in [-0.1, -0.05) is 0 Å². The van der Waals surface area contributed by atoms with Crippen LogP contribution in [0.25, 0.3) is 10.9 Å². The van der Waals surface area contributed by atoms with E-state index in [1.165, 1.54) is 0 Å². The van der Waals surface area contributed by atoms with Crippen LogP contribution in [0.1, 0.15) is 19.4 Å². The van der Waals surface area contributed by atoms with Gasteiger partial charge in [-0.15, -0.1) is 0 Å². The highest BCUT2D eigenvalue weighted by Gasteiger charge is 2.19. The summed E-state index contributed by atoms with van der Waals surface area (Å²) in [7, 11) is 0. The Hall–Kier alpha value is -1.71. The van der Waals surface area contributed by atoms with Crippen molar-refractivity contribution >= 4 is 22.4 Å². The van der Waals surface area contributed by atoms with E-state index in [2.05, 4.69) is 22.0 Å². The Balaban J connectivity index is 2.31. The van der Waals surface area contributed by atoms with E-state index in [1.807, 2.05) is 18.2 Å². The maximum atomic E-state index is 5.79. The molecule has 4 heteroatoms. The molecule has 1 aliphatic rings. The van der Waals surface area contributed by atoms with E-state index >= 15 is 0 Å². The lowest BCUT2D eigenvalue weighted by Gasteiger charge is -2.22. The van der Waals surface area contributed by atoms with Crippen LogP contribution < -0.4 is 11.1 Å². The molecule has 0 amide bonds. The summed E-state index contributed by atoms with van der Waals surface area (Å²) in [6, 6.07) is 6.32. The maximum absolute atomic E-state index is 5.79. The standard InChI is InChI=1S/C11H14N4/c1-7-4-5-13-11-9-6-8(12)2-3-10(9)14-15(7)11/h2-3,6-7,13H,4-5,12H2,1H3. The van der Waals surface area contributed by atoms with E-state index in [9.17, 15) is 0 Å². The SMILES string of the molecule is CC1CCNc2c3cc(N)ccc3nn21. The summed E-state index contributed by atoms with van der Waals surface area (Å²) >= 11 is 0. The van der Waals surface area contributed by atoms with Gasteiger partial charge in [0, 0.05) is 17.6 Å². The van der Waals surface area contributed by atoms with Crippen LogP contribution in [0.4, 0.5) is 11.5 Å². The van der Waals surface area contributed by atoms with Gasteiger partial charge >= 0.3 is 0 Å². The molecule has 2 heterocycles.